The minimum atomic E-state index is 0.226. The van der Waals surface area contributed by atoms with Crippen molar-refractivity contribution >= 4 is 5.78 Å². The highest BCUT2D eigenvalue weighted by Gasteiger charge is 2.33. The highest BCUT2D eigenvalue weighted by Crippen LogP contribution is 2.24. The first kappa shape index (κ1) is 11.7. The smallest absolute Gasteiger partial charge is 0.138 e. The fourth-order valence-electron chi connectivity index (χ4n) is 2.50. The lowest BCUT2D eigenvalue weighted by Crippen LogP contribution is -2.51. The molecule has 2 unspecified atom stereocenters. The quantitative estimate of drug-likeness (QED) is 0.692. The zero-order valence-corrected chi connectivity index (χ0v) is 9.92. The van der Waals surface area contributed by atoms with E-state index in [0.29, 0.717) is 17.9 Å². The molecule has 1 aliphatic rings. The molecule has 1 heterocycles. The van der Waals surface area contributed by atoms with Gasteiger partial charge >= 0.3 is 0 Å². The van der Waals surface area contributed by atoms with Crippen LogP contribution in [-0.2, 0) is 4.79 Å². The van der Waals surface area contributed by atoms with E-state index in [-0.39, 0.29) is 5.92 Å². The summed E-state index contributed by atoms with van der Waals surface area (Å²) in [6.07, 6.45) is 3.14. The molecular weight excluding hydrogens is 174 g/mol. The van der Waals surface area contributed by atoms with Crippen LogP contribution in [0.4, 0.5) is 0 Å². The third kappa shape index (κ3) is 2.17. The molecule has 82 valence electrons. The van der Waals surface area contributed by atoms with Crippen molar-refractivity contribution in [1.82, 2.24) is 4.90 Å². The Morgan fingerprint density at radius 1 is 1.36 bits per heavy atom. The van der Waals surface area contributed by atoms with E-state index in [2.05, 4.69) is 32.6 Å². The van der Waals surface area contributed by atoms with Gasteiger partial charge in [-0.1, -0.05) is 20.8 Å². The molecule has 0 N–H and O–H groups in total. The molecule has 0 spiro atoms. The zero-order valence-electron chi connectivity index (χ0n) is 9.92. The summed E-state index contributed by atoms with van der Waals surface area (Å²) in [5, 5.41) is 0. The van der Waals surface area contributed by atoms with E-state index < -0.39 is 0 Å². The fourth-order valence-corrected chi connectivity index (χ4v) is 2.50. The summed E-state index contributed by atoms with van der Waals surface area (Å²) in [5.41, 5.74) is 0. The molecule has 0 aromatic rings. The predicted molar refractivity (Wildman–Crippen MR) is 59.3 cm³/mol. The number of nitrogens with zero attached hydrogens (tertiary/aromatic N) is 1. The zero-order chi connectivity index (χ0) is 10.7. The molecule has 14 heavy (non-hydrogen) atoms. The molecule has 0 radical (unpaired) electrons. The summed E-state index contributed by atoms with van der Waals surface area (Å²) < 4.78 is 0. The van der Waals surface area contributed by atoms with Gasteiger partial charge in [0.2, 0.25) is 0 Å². The molecule has 0 aliphatic carbocycles. The lowest BCUT2D eigenvalue weighted by molar-refractivity contribution is -0.128. The summed E-state index contributed by atoms with van der Waals surface area (Å²) in [6, 6.07) is 1.10. The maximum Gasteiger partial charge on any atom is 0.138 e. The Morgan fingerprint density at radius 2 is 1.93 bits per heavy atom. The first-order valence-electron chi connectivity index (χ1n) is 5.90. The van der Waals surface area contributed by atoms with Gasteiger partial charge in [0, 0.05) is 31.0 Å². The van der Waals surface area contributed by atoms with Crippen LogP contribution >= 0.6 is 0 Å². The number of likely N-dealkylation sites (tertiary alicyclic amines) is 1. The van der Waals surface area contributed by atoms with Crippen LogP contribution in [0.15, 0.2) is 0 Å². The van der Waals surface area contributed by atoms with E-state index in [1.54, 1.807) is 0 Å². The minimum absolute atomic E-state index is 0.226. The Labute approximate surface area is 87.7 Å². The average molecular weight is 197 g/mol. The number of hydrogen-bond acceptors (Lipinski definition) is 2. The number of hydrogen-bond donors (Lipinski definition) is 0. The van der Waals surface area contributed by atoms with Crippen molar-refractivity contribution < 1.29 is 4.79 Å². The van der Waals surface area contributed by atoms with Crippen molar-refractivity contribution in [3.05, 3.63) is 0 Å². The van der Waals surface area contributed by atoms with Crippen molar-refractivity contribution in [2.45, 2.75) is 59.0 Å². The van der Waals surface area contributed by atoms with E-state index in [9.17, 15) is 4.79 Å². The van der Waals surface area contributed by atoms with Crippen molar-refractivity contribution in [3.63, 3.8) is 0 Å². The van der Waals surface area contributed by atoms with Crippen molar-refractivity contribution in [1.29, 1.82) is 0 Å². The highest BCUT2D eigenvalue weighted by atomic mass is 16.1. The second kappa shape index (κ2) is 4.92. The van der Waals surface area contributed by atoms with Crippen LogP contribution in [0.25, 0.3) is 0 Å². The number of rotatable bonds is 3. The van der Waals surface area contributed by atoms with Crippen LogP contribution in [0, 0.1) is 5.92 Å². The van der Waals surface area contributed by atoms with Gasteiger partial charge in [-0.15, -0.1) is 0 Å². The molecule has 1 fully saturated rings. The Balaban J connectivity index is 2.66. The average Bonchev–Trinajstić information content (AvgIpc) is 2.19. The van der Waals surface area contributed by atoms with Gasteiger partial charge in [-0.2, -0.15) is 0 Å². The second-order valence-corrected chi connectivity index (χ2v) is 4.45. The second-order valence-electron chi connectivity index (χ2n) is 4.45. The first-order valence-corrected chi connectivity index (χ1v) is 5.90. The van der Waals surface area contributed by atoms with E-state index >= 15 is 0 Å². The summed E-state index contributed by atoms with van der Waals surface area (Å²) in [5.74, 6) is 0.670. The van der Waals surface area contributed by atoms with E-state index in [1.165, 1.54) is 12.8 Å². The number of carbonyl (C=O) groups excluding carboxylic acids is 1. The molecule has 2 atom stereocenters. The van der Waals surface area contributed by atoms with Gasteiger partial charge in [0.25, 0.3) is 0 Å². The van der Waals surface area contributed by atoms with Crippen LogP contribution < -0.4 is 0 Å². The molecular formula is C12H23NO. The minimum Gasteiger partial charge on any atom is -0.299 e. The third-order valence-electron chi connectivity index (χ3n) is 3.78. The first-order chi connectivity index (χ1) is 6.61. The topological polar surface area (TPSA) is 20.3 Å². The van der Waals surface area contributed by atoms with Gasteiger partial charge in [-0.05, 0) is 19.8 Å². The summed E-state index contributed by atoms with van der Waals surface area (Å²) >= 11 is 0. The summed E-state index contributed by atoms with van der Waals surface area (Å²) in [7, 11) is 0. The molecule has 0 amide bonds. The van der Waals surface area contributed by atoms with Crippen LogP contribution in [0.5, 0.6) is 0 Å². The van der Waals surface area contributed by atoms with Crippen LogP contribution in [0.3, 0.4) is 0 Å². The van der Waals surface area contributed by atoms with Gasteiger partial charge in [-0.3, -0.25) is 9.69 Å². The maximum absolute atomic E-state index is 11.5. The fraction of sp³-hybridized carbons (Fsp3) is 0.917. The SMILES string of the molecule is CCC(CC)N1CCC(=O)C(C)C1C. The van der Waals surface area contributed by atoms with Gasteiger partial charge < -0.3 is 0 Å². The highest BCUT2D eigenvalue weighted by molar-refractivity contribution is 5.82. The van der Waals surface area contributed by atoms with Gasteiger partial charge in [0.1, 0.15) is 5.78 Å². The largest absolute Gasteiger partial charge is 0.299 e. The van der Waals surface area contributed by atoms with Crippen molar-refractivity contribution in [2.75, 3.05) is 6.54 Å². The normalized spacial score (nSPS) is 29.9. The number of carbonyl (C=O) groups is 1. The van der Waals surface area contributed by atoms with Gasteiger partial charge in [0.15, 0.2) is 0 Å². The van der Waals surface area contributed by atoms with E-state index in [1.807, 2.05) is 0 Å². The van der Waals surface area contributed by atoms with Crippen LogP contribution in [0.2, 0.25) is 0 Å². The Morgan fingerprint density at radius 3 is 2.43 bits per heavy atom. The van der Waals surface area contributed by atoms with E-state index in [4.69, 9.17) is 0 Å². The molecule has 0 aromatic heterocycles. The lowest BCUT2D eigenvalue weighted by Gasteiger charge is -2.41. The Hall–Kier alpha value is -0.370. The Kier molecular flexibility index (Phi) is 4.11. The monoisotopic (exact) mass is 197 g/mol. The molecule has 2 heteroatoms. The Bertz CT molecular complexity index is 198. The summed E-state index contributed by atoms with van der Waals surface area (Å²) in [6.45, 7) is 9.71. The maximum atomic E-state index is 11.5. The molecule has 2 nitrogen and oxygen atoms in total. The number of ketones is 1. The number of Topliss-reactive ketones (excluding diaryl/α,β-unsaturated/α-hetero) is 1. The predicted octanol–water partition coefficient (Wildman–Crippen LogP) is 2.47. The lowest BCUT2D eigenvalue weighted by atomic mass is 9.88. The van der Waals surface area contributed by atoms with Crippen LogP contribution in [-0.4, -0.2) is 29.3 Å². The molecule has 1 saturated heterocycles. The van der Waals surface area contributed by atoms with Crippen molar-refractivity contribution in [3.8, 4) is 0 Å². The summed E-state index contributed by atoms with van der Waals surface area (Å²) in [4.78, 5) is 14.0. The number of piperidine rings is 1. The molecule has 1 rings (SSSR count). The van der Waals surface area contributed by atoms with Gasteiger partial charge in [-0.25, -0.2) is 0 Å². The molecule has 0 bridgehead atoms. The third-order valence-corrected chi connectivity index (χ3v) is 3.78. The van der Waals surface area contributed by atoms with Crippen molar-refractivity contribution in [2.24, 2.45) is 5.92 Å². The van der Waals surface area contributed by atoms with Crippen LogP contribution in [0.1, 0.15) is 47.0 Å². The molecule has 0 aromatic carbocycles. The molecule has 0 saturated carbocycles. The van der Waals surface area contributed by atoms with E-state index in [0.717, 1.165) is 13.0 Å². The standard InChI is InChI=1S/C12H23NO/c1-5-11(6-2)13-8-7-12(14)9(3)10(13)4/h9-11H,5-8H2,1-4H3. The van der Waals surface area contributed by atoms with Gasteiger partial charge in [0.05, 0.1) is 0 Å². The molecule has 1 aliphatic heterocycles.